The Balaban J connectivity index is 1.21. The molecule has 1 saturated heterocycles. The maximum Gasteiger partial charge on any atom is 0.319 e. The second-order valence-corrected chi connectivity index (χ2v) is 11.4. The topological polar surface area (TPSA) is 73.5 Å². The Morgan fingerprint density at radius 1 is 0.974 bits per heavy atom. The van der Waals surface area contributed by atoms with Crippen LogP contribution in [-0.2, 0) is 4.79 Å². The molecule has 6 atom stereocenters. The van der Waals surface area contributed by atoms with Gasteiger partial charge in [0.1, 0.15) is 0 Å². The number of aryl methyl sites for hydroxylation is 1. The number of fused-ring (bicyclic) bond motifs is 3. The number of nitrogens with zero attached hydrogens (tertiary/aromatic N) is 1. The lowest BCUT2D eigenvalue weighted by Crippen LogP contribution is -2.51. The lowest BCUT2D eigenvalue weighted by Gasteiger charge is -2.44. The van der Waals surface area contributed by atoms with Crippen LogP contribution in [0.3, 0.4) is 0 Å². The van der Waals surface area contributed by atoms with E-state index >= 15 is 0 Å². The molecule has 4 aliphatic rings. The molecule has 2 aliphatic heterocycles. The monoisotopic (exact) mass is 510 g/mol. The van der Waals surface area contributed by atoms with Gasteiger partial charge in [0.25, 0.3) is 0 Å². The number of urea groups is 1. The van der Waals surface area contributed by atoms with Crippen LogP contribution in [-0.4, -0.2) is 35.5 Å². The van der Waals surface area contributed by atoms with E-state index in [1.807, 2.05) is 31.2 Å². The minimum atomic E-state index is -0.234. The lowest BCUT2D eigenvalue weighted by atomic mass is 9.75. The van der Waals surface area contributed by atoms with E-state index in [2.05, 4.69) is 69.4 Å². The predicted octanol–water partition coefficient (Wildman–Crippen LogP) is 6.19. The quantitative estimate of drug-likeness (QED) is 0.459. The summed E-state index contributed by atoms with van der Waals surface area (Å²) in [6.07, 6.45) is 14.6. The van der Waals surface area contributed by atoms with Gasteiger partial charge < -0.3 is 20.9 Å². The van der Waals surface area contributed by atoms with Gasteiger partial charge in [-0.25, -0.2) is 4.79 Å². The average molecular weight is 511 g/mol. The Morgan fingerprint density at radius 3 is 2.61 bits per heavy atom. The molecule has 1 unspecified atom stereocenters. The van der Waals surface area contributed by atoms with Gasteiger partial charge in [-0.1, -0.05) is 73.0 Å². The Bertz CT molecular complexity index is 1240. The van der Waals surface area contributed by atoms with Gasteiger partial charge in [0, 0.05) is 41.8 Å². The number of nitrogens with one attached hydrogen (secondary N) is 3. The molecular formula is C32H38N4O2. The molecule has 2 aromatic carbocycles. The number of benzene rings is 2. The van der Waals surface area contributed by atoms with Crippen molar-refractivity contribution in [2.24, 2.45) is 17.8 Å². The zero-order chi connectivity index (χ0) is 26.1. The molecule has 38 heavy (non-hydrogen) atoms. The van der Waals surface area contributed by atoms with Gasteiger partial charge in [0.05, 0.1) is 12.0 Å². The molecule has 2 heterocycles. The molecule has 2 aromatic rings. The smallest absolute Gasteiger partial charge is 0.319 e. The van der Waals surface area contributed by atoms with E-state index in [1.165, 1.54) is 5.56 Å². The summed E-state index contributed by atoms with van der Waals surface area (Å²) in [7, 11) is 0. The van der Waals surface area contributed by atoms with Gasteiger partial charge in [-0.2, -0.15) is 0 Å². The highest BCUT2D eigenvalue weighted by Crippen LogP contribution is 2.49. The minimum Gasteiger partial charge on any atom is -0.381 e. The van der Waals surface area contributed by atoms with Gasteiger partial charge in [-0.05, 0) is 56.4 Å². The van der Waals surface area contributed by atoms with Crippen molar-refractivity contribution in [3.63, 3.8) is 0 Å². The van der Waals surface area contributed by atoms with Crippen molar-refractivity contribution in [2.75, 3.05) is 17.2 Å². The number of anilines is 2. The Morgan fingerprint density at radius 2 is 1.79 bits per heavy atom. The van der Waals surface area contributed by atoms with Crippen LogP contribution >= 0.6 is 0 Å². The van der Waals surface area contributed by atoms with Crippen molar-refractivity contribution in [1.29, 1.82) is 0 Å². The largest absolute Gasteiger partial charge is 0.381 e. The van der Waals surface area contributed by atoms with Gasteiger partial charge in [-0.3, -0.25) is 4.79 Å². The number of amides is 3. The fourth-order valence-electron chi connectivity index (χ4n) is 7.09. The summed E-state index contributed by atoms with van der Waals surface area (Å²) in [6, 6.07) is 16.3. The molecule has 6 rings (SSSR count). The van der Waals surface area contributed by atoms with Crippen molar-refractivity contribution in [3.05, 3.63) is 84.0 Å². The highest BCUT2D eigenvalue weighted by molar-refractivity contribution is 5.90. The van der Waals surface area contributed by atoms with Crippen LogP contribution in [0.1, 0.15) is 55.7 Å². The molecule has 1 saturated carbocycles. The molecule has 6 heteroatoms. The van der Waals surface area contributed by atoms with Crippen LogP contribution in [0.2, 0.25) is 0 Å². The van der Waals surface area contributed by atoms with Crippen molar-refractivity contribution in [1.82, 2.24) is 10.2 Å². The molecule has 3 N–H and O–H groups in total. The van der Waals surface area contributed by atoms with Gasteiger partial charge in [0.15, 0.2) is 0 Å². The molecule has 6 nitrogen and oxygen atoms in total. The maximum absolute atomic E-state index is 14.2. The molecule has 2 fully saturated rings. The normalized spacial score (nSPS) is 29.7. The van der Waals surface area contributed by atoms with Crippen LogP contribution in [0.4, 0.5) is 16.2 Å². The number of likely N-dealkylation sites (tertiary alicyclic amines) is 1. The number of para-hydroxylation sites is 1. The van der Waals surface area contributed by atoms with Gasteiger partial charge in [-0.15, -0.1) is 0 Å². The summed E-state index contributed by atoms with van der Waals surface area (Å²) >= 11 is 0. The molecular weight excluding hydrogens is 472 g/mol. The SMILES string of the molecule is Cc1ccc(NC(=O)N[C@@H]2CCCC[C@@H]2C(=O)N2CC[C@@H]3[C@H](C4C=CC=CC4)Nc4ccccc4[C@@H]32)cc1. The van der Waals surface area contributed by atoms with E-state index in [0.29, 0.717) is 17.9 Å². The second-order valence-electron chi connectivity index (χ2n) is 11.4. The predicted molar refractivity (Wildman–Crippen MR) is 152 cm³/mol. The van der Waals surface area contributed by atoms with Crippen LogP contribution in [0.5, 0.6) is 0 Å². The Labute approximate surface area is 225 Å². The van der Waals surface area contributed by atoms with E-state index < -0.39 is 0 Å². The standard InChI is InChI=1S/C32H38N4O2/c1-21-15-17-23(18-16-21)33-32(38)35-28-14-8-6-12-25(28)31(37)36-20-19-26-29(22-9-3-2-4-10-22)34-27-13-7-5-11-24(27)30(26)36/h2-5,7,9,11,13,15-18,22,25-26,28-30,34H,6,8,10,12,14,19-20H2,1H3,(H2,33,35,38)/t22?,25-,26+,28+,29-,30-/m0/s1. The first-order valence-electron chi connectivity index (χ1n) is 14.2. The second kappa shape index (κ2) is 10.7. The maximum atomic E-state index is 14.2. The van der Waals surface area contributed by atoms with Crippen LogP contribution < -0.4 is 16.0 Å². The van der Waals surface area contributed by atoms with Crippen LogP contribution in [0, 0.1) is 24.7 Å². The van der Waals surface area contributed by atoms with E-state index in [1.54, 1.807) is 0 Å². The van der Waals surface area contributed by atoms with Crippen molar-refractivity contribution in [2.45, 2.75) is 63.6 Å². The number of rotatable bonds is 4. The molecule has 198 valence electrons. The highest BCUT2D eigenvalue weighted by atomic mass is 16.2. The molecule has 0 spiro atoms. The first-order chi connectivity index (χ1) is 18.6. The fourth-order valence-corrected chi connectivity index (χ4v) is 7.09. The number of hydrogen-bond donors (Lipinski definition) is 3. The third-order valence-electron chi connectivity index (χ3n) is 8.97. The molecule has 2 aliphatic carbocycles. The summed E-state index contributed by atoms with van der Waals surface area (Å²) in [6.45, 7) is 2.79. The zero-order valence-corrected chi connectivity index (χ0v) is 22.1. The van der Waals surface area contributed by atoms with Crippen LogP contribution in [0.15, 0.2) is 72.8 Å². The zero-order valence-electron chi connectivity index (χ0n) is 22.1. The Kier molecular flexibility index (Phi) is 6.96. The molecule has 3 amide bonds. The minimum absolute atomic E-state index is 0.0771. The molecule has 0 aromatic heterocycles. The number of hydrogen-bond acceptors (Lipinski definition) is 3. The van der Waals surface area contributed by atoms with Gasteiger partial charge >= 0.3 is 6.03 Å². The highest BCUT2D eigenvalue weighted by Gasteiger charge is 2.49. The van der Waals surface area contributed by atoms with E-state index in [4.69, 9.17) is 0 Å². The number of carbonyl (C=O) groups is 2. The molecule has 0 radical (unpaired) electrons. The summed E-state index contributed by atoms with van der Waals surface area (Å²) < 4.78 is 0. The fraction of sp³-hybridized carbons (Fsp3) is 0.438. The first-order valence-corrected chi connectivity index (χ1v) is 14.2. The third-order valence-corrected chi connectivity index (χ3v) is 8.97. The van der Waals surface area contributed by atoms with Crippen molar-refractivity contribution < 1.29 is 9.59 Å². The third kappa shape index (κ3) is 4.84. The van der Waals surface area contributed by atoms with Gasteiger partial charge in [0.2, 0.25) is 5.91 Å². The molecule has 0 bridgehead atoms. The summed E-state index contributed by atoms with van der Waals surface area (Å²) in [5.41, 5.74) is 4.29. The lowest BCUT2D eigenvalue weighted by molar-refractivity contribution is -0.138. The van der Waals surface area contributed by atoms with E-state index in [-0.39, 0.29) is 29.9 Å². The number of carbonyl (C=O) groups excluding carboxylic acids is 2. The van der Waals surface area contributed by atoms with Crippen molar-refractivity contribution in [3.8, 4) is 0 Å². The van der Waals surface area contributed by atoms with E-state index in [9.17, 15) is 9.59 Å². The van der Waals surface area contributed by atoms with E-state index in [0.717, 1.165) is 62.0 Å². The van der Waals surface area contributed by atoms with Crippen LogP contribution in [0.25, 0.3) is 0 Å². The number of allylic oxidation sites excluding steroid dienone is 3. The average Bonchev–Trinajstić information content (AvgIpc) is 3.40. The summed E-state index contributed by atoms with van der Waals surface area (Å²) in [5, 5.41) is 9.96. The Hall–Kier alpha value is -3.54. The summed E-state index contributed by atoms with van der Waals surface area (Å²) in [4.78, 5) is 29.3. The summed E-state index contributed by atoms with van der Waals surface area (Å²) in [5.74, 6) is 0.803. The first kappa shape index (κ1) is 24.8. The van der Waals surface area contributed by atoms with Crippen molar-refractivity contribution >= 4 is 23.3 Å².